The van der Waals surface area contributed by atoms with Crippen molar-refractivity contribution in [2.75, 3.05) is 7.05 Å². The van der Waals surface area contributed by atoms with Crippen LogP contribution in [0.2, 0.25) is 0 Å². The summed E-state index contributed by atoms with van der Waals surface area (Å²) in [4.78, 5) is 0. The monoisotopic (exact) mass is 179 g/mol. The second-order valence-electron chi connectivity index (χ2n) is 3.99. The Bertz CT molecular complexity index is 303. The van der Waals surface area contributed by atoms with Crippen LogP contribution in [0.3, 0.4) is 0 Å². The van der Waals surface area contributed by atoms with Crippen molar-refractivity contribution in [1.82, 2.24) is 15.1 Å². The Kier molecular flexibility index (Phi) is 2.12. The van der Waals surface area contributed by atoms with Gasteiger partial charge in [0.1, 0.15) is 0 Å². The van der Waals surface area contributed by atoms with Crippen LogP contribution in [-0.4, -0.2) is 16.8 Å². The third-order valence-corrected chi connectivity index (χ3v) is 2.99. The van der Waals surface area contributed by atoms with Gasteiger partial charge in [-0.25, -0.2) is 0 Å². The van der Waals surface area contributed by atoms with Crippen molar-refractivity contribution in [3.8, 4) is 0 Å². The predicted octanol–water partition coefficient (Wildman–Crippen LogP) is 1.26. The van der Waals surface area contributed by atoms with Crippen LogP contribution in [0.25, 0.3) is 0 Å². The van der Waals surface area contributed by atoms with E-state index in [2.05, 4.69) is 23.5 Å². The zero-order valence-corrected chi connectivity index (χ0v) is 8.54. The second kappa shape index (κ2) is 3.14. The molecule has 1 aromatic heterocycles. The number of hydrogen-bond donors (Lipinski definition) is 1. The number of rotatable bonds is 1. The maximum absolute atomic E-state index is 4.46. The molecule has 0 bridgehead atoms. The van der Waals surface area contributed by atoms with Crippen LogP contribution in [0.5, 0.6) is 0 Å². The van der Waals surface area contributed by atoms with Crippen LogP contribution in [0.15, 0.2) is 6.20 Å². The molecule has 3 nitrogen and oxygen atoms in total. The van der Waals surface area contributed by atoms with E-state index in [1.807, 2.05) is 18.8 Å². The van der Waals surface area contributed by atoms with Gasteiger partial charge in [0, 0.05) is 24.8 Å². The predicted molar refractivity (Wildman–Crippen MR) is 52.5 cm³/mol. The summed E-state index contributed by atoms with van der Waals surface area (Å²) in [5.41, 5.74) is 2.67. The van der Waals surface area contributed by atoms with Crippen molar-refractivity contribution in [3.05, 3.63) is 17.5 Å². The Hall–Kier alpha value is -0.830. The minimum atomic E-state index is 0.498. The molecule has 3 heteroatoms. The van der Waals surface area contributed by atoms with E-state index in [9.17, 15) is 0 Å². The molecule has 2 rings (SSSR count). The fourth-order valence-corrected chi connectivity index (χ4v) is 2.28. The van der Waals surface area contributed by atoms with Crippen molar-refractivity contribution in [1.29, 1.82) is 0 Å². The molecule has 0 saturated heterocycles. The zero-order valence-electron chi connectivity index (χ0n) is 8.54. The normalized spacial score (nSPS) is 27.3. The second-order valence-corrected chi connectivity index (χ2v) is 3.99. The Morgan fingerprint density at radius 3 is 3.08 bits per heavy atom. The molecule has 1 aromatic rings. The molecule has 1 aliphatic rings. The number of hydrogen-bond acceptors (Lipinski definition) is 2. The van der Waals surface area contributed by atoms with E-state index in [1.165, 1.54) is 17.7 Å². The van der Waals surface area contributed by atoms with Gasteiger partial charge in [0.2, 0.25) is 0 Å². The lowest BCUT2D eigenvalue weighted by Gasteiger charge is -2.27. The summed E-state index contributed by atoms with van der Waals surface area (Å²) in [6.07, 6.45) is 4.53. The maximum Gasteiger partial charge on any atom is 0.0672 e. The summed E-state index contributed by atoms with van der Waals surface area (Å²) in [6, 6.07) is 0.498. The SMILES string of the molecule is CNC1c2cn(C)nc2CCC1C. The highest BCUT2D eigenvalue weighted by Crippen LogP contribution is 2.32. The number of nitrogens with zero attached hydrogens (tertiary/aromatic N) is 2. The van der Waals surface area contributed by atoms with Gasteiger partial charge >= 0.3 is 0 Å². The lowest BCUT2D eigenvalue weighted by atomic mass is 9.84. The molecule has 1 aliphatic carbocycles. The van der Waals surface area contributed by atoms with Crippen LogP contribution < -0.4 is 5.32 Å². The molecule has 0 amide bonds. The minimum absolute atomic E-state index is 0.498. The van der Waals surface area contributed by atoms with Crippen molar-refractivity contribution < 1.29 is 0 Å². The summed E-state index contributed by atoms with van der Waals surface area (Å²) >= 11 is 0. The van der Waals surface area contributed by atoms with Crippen molar-refractivity contribution in [3.63, 3.8) is 0 Å². The lowest BCUT2D eigenvalue weighted by molar-refractivity contribution is 0.363. The van der Waals surface area contributed by atoms with E-state index < -0.39 is 0 Å². The highest BCUT2D eigenvalue weighted by molar-refractivity contribution is 5.25. The molecule has 1 N–H and O–H groups in total. The van der Waals surface area contributed by atoms with Crippen LogP contribution >= 0.6 is 0 Å². The Balaban J connectivity index is 2.38. The molecule has 0 aromatic carbocycles. The number of nitrogens with one attached hydrogen (secondary N) is 1. The molecule has 0 fully saturated rings. The molecule has 72 valence electrons. The smallest absolute Gasteiger partial charge is 0.0672 e. The highest BCUT2D eigenvalue weighted by Gasteiger charge is 2.27. The molecule has 0 saturated carbocycles. The van der Waals surface area contributed by atoms with Gasteiger partial charge in [-0.15, -0.1) is 0 Å². The zero-order chi connectivity index (χ0) is 9.42. The molecule has 0 spiro atoms. The molecular weight excluding hydrogens is 162 g/mol. The lowest BCUT2D eigenvalue weighted by Crippen LogP contribution is -2.27. The summed E-state index contributed by atoms with van der Waals surface area (Å²) in [6.45, 7) is 2.30. The minimum Gasteiger partial charge on any atom is -0.313 e. The molecule has 0 aliphatic heterocycles. The summed E-state index contributed by atoms with van der Waals surface area (Å²) in [7, 11) is 4.03. The molecule has 2 unspecified atom stereocenters. The van der Waals surface area contributed by atoms with Gasteiger partial charge in [-0.3, -0.25) is 4.68 Å². The first kappa shape index (κ1) is 8.75. The standard InChI is InChI=1S/C10H17N3/c1-7-4-5-9-8(10(7)11-2)6-13(3)12-9/h6-7,10-11H,4-5H2,1-3H3. The van der Waals surface area contributed by atoms with E-state index in [0.717, 1.165) is 12.3 Å². The van der Waals surface area contributed by atoms with Crippen molar-refractivity contribution in [2.45, 2.75) is 25.8 Å². The molecule has 2 atom stereocenters. The van der Waals surface area contributed by atoms with Crippen LogP contribution in [0.1, 0.15) is 30.6 Å². The summed E-state index contributed by atoms with van der Waals surface area (Å²) < 4.78 is 1.92. The summed E-state index contributed by atoms with van der Waals surface area (Å²) in [5, 5.41) is 7.83. The molecule has 13 heavy (non-hydrogen) atoms. The number of aromatic nitrogens is 2. The largest absolute Gasteiger partial charge is 0.313 e. The van der Waals surface area contributed by atoms with E-state index in [4.69, 9.17) is 0 Å². The molecule has 0 radical (unpaired) electrons. The van der Waals surface area contributed by atoms with Crippen LogP contribution in [0, 0.1) is 5.92 Å². The number of aryl methyl sites for hydroxylation is 2. The van der Waals surface area contributed by atoms with Gasteiger partial charge in [-0.2, -0.15) is 5.10 Å². The first-order valence-corrected chi connectivity index (χ1v) is 4.92. The average Bonchev–Trinajstić information content (AvgIpc) is 2.45. The third kappa shape index (κ3) is 1.37. The topological polar surface area (TPSA) is 29.9 Å². The third-order valence-electron chi connectivity index (χ3n) is 2.99. The Morgan fingerprint density at radius 2 is 2.38 bits per heavy atom. The first-order chi connectivity index (χ1) is 6.22. The molecular formula is C10H17N3. The maximum atomic E-state index is 4.46. The molecule has 1 heterocycles. The van der Waals surface area contributed by atoms with Gasteiger partial charge in [0.25, 0.3) is 0 Å². The van der Waals surface area contributed by atoms with Gasteiger partial charge < -0.3 is 5.32 Å². The van der Waals surface area contributed by atoms with Gasteiger partial charge in [0.15, 0.2) is 0 Å². The van der Waals surface area contributed by atoms with E-state index in [0.29, 0.717) is 6.04 Å². The van der Waals surface area contributed by atoms with Gasteiger partial charge in [-0.05, 0) is 25.8 Å². The quantitative estimate of drug-likeness (QED) is 0.703. The van der Waals surface area contributed by atoms with Crippen LogP contribution in [-0.2, 0) is 13.5 Å². The number of fused-ring (bicyclic) bond motifs is 1. The average molecular weight is 179 g/mol. The van der Waals surface area contributed by atoms with Gasteiger partial charge in [-0.1, -0.05) is 6.92 Å². The Labute approximate surface area is 79.1 Å². The highest BCUT2D eigenvalue weighted by atomic mass is 15.3. The van der Waals surface area contributed by atoms with E-state index in [1.54, 1.807) is 0 Å². The fourth-order valence-electron chi connectivity index (χ4n) is 2.28. The van der Waals surface area contributed by atoms with Gasteiger partial charge in [0.05, 0.1) is 5.69 Å². The van der Waals surface area contributed by atoms with E-state index >= 15 is 0 Å². The van der Waals surface area contributed by atoms with Crippen LogP contribution in [0.4, 0.5) is 0 Å². The summed E-state index contributed by atoms with van der Waals surface area (Å²) in [5.74, 6) is 0.724. The van der Waals surface area contributed by atoms with Crippen molar-refractivity contribution in [2.24, 2.45) is 13.0 Å². The Morgan fingerprint density at radius 1 is 1.62 bits per heavy atom. The fraction of sp³-hybridized carbons (Fsp3) is 0.700. The van der Waals surface area contributed by atoms with E-state index in [-0.39, 0.29) is 0 Å². The first-order valence-electron chi connectivity index (χ1n) is 4.92. The van der Waals surface area contributed by atoms with Crippen molar-refractivity contribution >= 4 is 0 Å².